The molecule has 0 aliphatic heterocycles. The quantitative estimate of drug-likeness (QED) is 0.824. The van der Waals surface area contributed by atoms with Gasteiger partial charge in [-0.3, -0.25) is 0 Å². The molecule has 0 fully saturated rings. The first-order valence-corrected chi connectivity index (χ1v) is 6.13. The molecule has 1 atom stereocenters. The van der Waals surface area contributed by atoms with Gasteiger partial charge in [-0.15, -0.1) is 0 Å². The van der Waals surface area contributed by atoms with Crippen molar-refractivity contribution >= 4 is 11.8 Å². The number of hydrogen-bond acceptors (Lipinski definition) is 2. The molecule has 0 aliphatic rings. The molecule has 0 bridgehead atoms. The number of aryl methyl sites for hydroxylation is 2. The van der Waals surface area contributed by atoms with Crippen LogP contribution in [0.25, 0.3) is 0 Å². The monoisotopic (exact) mass is 210 g/mol. The van der Waals surface area contributed by atoms with Crippen LogP contribution in [0.3, 0.4) is 0 Å². The predicted molar refractivity (Wildman–Crippen MR) is 63.9 cm³/mol. The molecule has 14 heavy (non-hydrogen) atoms. The highest BCUT2D eigenvalue weighted by atomic mass is 32.2. The maximum absolute atomic E-state index is 9.85. The van der Waals surface area contributed by atoms with E-state index < -0.39 is 0 Å². The molecule has 78 valence electrons. The predicted octanol–water partition coefficient (Wildman–Crippen LogP) is 3.09. The van der Waals surface area contributed by atoms with E-state index in [0.717, 1.165) is 17.1 Å². The van der Waals surface area contributed by atoms with Gasteiger partial charge in [-0.2, -0.15) is 11.8 Å². The van der Waals surface area contributed by atoms with Crippen molar-refractivity contribution in [2.75, 3.05) is 11.5 Å². The second-order valence-corrected chi connectivity index (χ2v) is 4.84. The number of benzene rings is 1. The summed E-state index contributed by atoms with van der Waals surface area (Å²) < 4.78 is 0. The minimum absolute atomic E-state index is 0.320. The van der Waals surface area contributed by atoms with Gasteiger partial charge in [0.25, 0.3) is 0 Å². The summed E-state index contributed by atoms with van der Waals surface area (Å²) in [7, 11) is 0. The fraction of sp³-hybridized carbons (Fsp3) is 0.500. The summed E-state index contributed by atoms with van der Waals surface area (Å²) in [6.07, 6.45) is -0.320. The van der Waals surface area contributed by atoms with Crippen LogP contribution in [-0.4, -0.2) is 16.6 Å². The zero-order valence-corrected chi connectivity index (χ0v) is 9.90. The lowest BCUT2D eigenvalue weighted by atomic mass is 10.0. The molecule has 1 unspecified atom stereocenters. The maximum atomic E-state index is 9.85. The van der Waals surface area contributed by atoms with Crippen molar-refractivity contribution in [3.8, 4) is 0 Å². The molecule has 0 aliphatic carbocycles. The summed E-state index contributed by atoms with van der Waals surface area (Å²) in [5.41, 5.74) is 3.57. The topological polar surface area (TPSA) is 20.2 Å². The molecule has 0 amide bonds. The van der Waals surface area contributed by atoms with Crippen LogP contribution < -0.4 is 0 Å². The molecule has 0 aromatic heterocycles. The van der Waals surface area contributed by atoms with Gasteiger partial charge in [0.1, 0.15) is 0 Å². The molecule has 0 heterocycles. The van der Waals surface area contributed by atoms with Crippen LogP contribution in [0.4, 0.5) is 0 Å². The van der Waals surface area contributed by atoms with Crippen LogP contribution in [0.5, 0.6) is 0 Å². The molecule has 1 nitrogen and oxygen atoms in total. The Bertz CT molecular complexity index is 296. The third-order valence-corrected chi connectivity index (χ3v) is 3.36. The van der Waals surface area contributed by atoms with E-state index in [-0.39, 0.29) is 6.10 Å². The summed E-state index contributed by atoms with van der Waals surface area (Å²) in [5, 5.41) is 9.85. The van der Waals surface area contributed by atoms with Crippen molar-refractivity contribution in [3.63, 3.8) is 0 Å². The Labute approximate surface area is 90.5 Å². The second kappa shape index (κ2) is 5.42. The van der Waals surface area contributed by atoms with Gasteiger partial charge in [-0.05, 0) is 36.3 Å². The Morgan fingerprint density at radius 2 is 2.00 bits per heavy atom. The van der Waals surface area contributed by atoms with Crippen molar-refractivity contribution in [1.82, 2.24) is 0 Å². The largest absolute Gasteiger partial charge is 0.388 e. The fourth-order valence-electron chi connectivity index (χ4n) is 1.30. The Morgan fingerprint density at radius 1 is 1.29 bits per heavy atom. The van der Waals surface area contributed by atoms with E-state index in [4.69, 9.17) is 0 Å². The molecular formula is C12H18OS. The van der Waals surface area contributed by atoms with Crippen molar-refractivity contribution in [3.05, 3.63) is 34.9 Å². The zero-order valence-electron chi connectivity index (χ0n) is 9.08. The van der Waals surface area contributed by atoms with Gasteiger partial charge in [0.2, 0.25) is 0 Å². The van der Waals surface area contributed by atoms with Crippen LogP contribution >= 0.6 is 11.8 Å². The molecule has 2 heteroatoms. The lowest BCUT2D eigenvalue weighted by molar-refractivity contribution is 0.204. The number of aliphatic hydroxyl groups is 1. The normalized spacial score (nSPS) is 12.9. The van der Waals surface area contributed by atoms with Crippen LogP contribution in [0, 0.1) is 13.8 Å². The van der Waals surface area contributed by atoms with Crippen LogP contribution in [0.2, 0.25) is 0 Å². The average Bonchev–Trinajstić information content (AvgIpc) is 2.18. The number of rotatable bonds is 4. The van der Waals surface area contributed by atoms with Gasteiger partial charge in [0.05, 0.1) is 6.10 Å². The van der Waals surface area contributed by atoms with Crippen molar-refractivity contribution in [2.24, 2.45) is 0 Å². The molecule has 0 saturated heterocycles. The summed E-state index contributed by atoms with van der Waals surface area (Å²) in [6, 6.07) is 6.17. The molecule has 1 N–H and O–H groups in total. The Balaban J connectivity index is 2.70. The van der Waals surface area contributed by atoms with Gasteiger partial charge >= 0.3 is 0 Å². The highest BCUT2D eigenvalue weighted by molar-refractivity contribution is 7.99. The van der Waals surface area contributed by atoms with Gasteiger partial charge in [0.15, 0.2) is 0 Å². The van der Waals surface area contributed by atoms with Gasteiger partial charge in [0, 0.05) is 5.75 Å². The molecular weight excluding hydrogens is 192 g/mol. The van der Waals surface area contributed by atoms with Gasteiger partial charge in [-0.25, -0.2) is 0 Å². The summed E-state index contributed by atoms with van der Waals surface area (Å²) in [6.45, 7) is 6.28. The molecule has 1 aromatic carbocycles. The second-order valence-electron chi connectivity index (χ2n) is 3.52. The first-order valence-electron chi connectivity index (χ1n) is 4.98. The Hall–Kier alpha value is -0.470. The number of aliphatic hydroxyl groups excluding tert-OH is 1. The van der Waals surface area contributed by atoms with Gasteiger partial charge in [-0.1, -0.05) is 25.1 Å². The third kappa shape index (κ3) is 3.03. The van der Waals surface area contributed by atoms with Crippen LogP contribution in [0.1, 0.15) is 29.7 Å². The summed E-state index contributed by atoms with van der Waals surface area (Å²) in [5.74, 6) is 1.85. The minimum atomic E-state index is -0.320. The van der Waals surface area contributed by atoms with E-state index >= 15 is 0 Å². The standard InChI is InChI=1S/C12H18OS/c1-4-14-8-12(13)11-6-5-9(2)10(3)7-11/h5-7,12-13H,4,8H2,1-3H3. The van der Waals surface area contributed by atoms with Crippen LogP contribution in [0.15, 0.2) is 18.2 Å². The van der Waals surface area contributed by atoms with E-state index in [1.54, 1.807) is 11.8 Å². The third-order valence-electron chi connectivity index (χ3n) is 2.40. The lowest BCUT2D eigenvalue weighted by Gasteiger charge is -2.11. The van der Waals surface area contributed by atoms with Crippen molar-refractivity contribution in [1.29, 1.82) is 0 Å². The SMILES string of the molecule is CCSCC(O)c1ccc(C)c(C)c1. The highest BCUT2D eigenvalue weighted by Gasteiger charge is 2.07. The average molecular weight is 210 g/mol. The highest BCUT2D eigenvalue weighted by Crippen LogP contribution is 2.20. The molecule has 0 spiro atoms. The number of hydrogen-bond donors (Lipinski definition) is 1. The van der Waals surface area contributed by atoms with E-state index in [2.05, 4.69) is 32.9 Å². The Morgan fingerprint density at radius 3 is 2.57 bits per heavy atom. The zero-order chi connectivity index (χ0) is 10.6. The summed E-state index contributed by atoms with van der Waals surface area (Å²) in [4.78, 5) is 0. The van der Waals surface area contributed by atoms with Crippen molar-refractivity contribution in [2.45, 2.75) is 26.9 Å². The van der Waals surface area contributed by atoms with Gasteiger partial charge < -0.3 is 5.11 Å². The molecule has 0 saturated carbocycles. The summed E-state index contributed by atoms with van der Waals surface area (Å²) >= 11 is 1.77. The van der Waals surface area contributed by atoms with E-state index in [1.165, 1.54) is 11.1 Å². The van der Waals surface area contributed by atoms with E-state index in [1.807, 2.05) is 6.07 Å². The molecule has 1 aromatic rings. The van der Waals surface area contributed by atoms with Crippen LogP contribution in [-0.2, 0) is 0 Å². The lowest BCUT2D eigenvalue weighted by Crippen LogP contribution is -2.01. The van der Waals surface area contributed by atoms with Crippen molar-refractivity contribution < 1.29 is 5.11 Å². The minimum Gasteiger partial charge on any atom is -0.388 e. The maximum Gasteiger partial charge on any atom is 0.0880 e. The smallest absolute Gasteiger partial charge is 0.0880 e. The van der Waals surface area contributed by atoms with E-state index in [9.17, 15) is 5.11 Å². The first-order chi connectivity index (χ1) is 6.65. The van der Waals surface area contributed by atoms with E-state index in [0.29, 0.717) is 0 Å². The fourth-order valence-corrected chi connectivity index (χ4v) is 1.95. The molecule has 0 radical (unpaired) electrons. The first kappa shape index (κ1) is 11.6. The number of thioether (sulfide) groups is 1. The molecule has 1 rings (SSSR count). The Kier molecular flexibility index (Phi) is 4.49.